The second kappa shape index (κ2) is 6.16. The minimum Gasteiger partial charge on any atom is -0.318 e. The van der Waals surface area contributed by atoms with Crippen LogP contribution in [0.3, 0.4) is 0 Å². The first-order valence-electron chi connectivity index (χ1n) is 8.35. The maximum absolute atomic E-state index is 14.1. The minimum atomic E-state index is -0.443. The van der Waals surface area contributed by atoms with Crippen LogP contribution in [0, 0.1) is 12.7 Å². The second-order valence-corrected chi connectivity index (χ2v) is 6.41. The molecule has 4 rings (SSSR count). The molecule has 2 aromatic carbocycles. The fraction of sp³-hybridized carbons (Fsp3) is 0.200. The van der Waals surface area contributed by atoms with Crippen LogP contribution in [-0.4, -0.2) is 15.7 Å². The predicted molar refractivity (Wildman–Crippen MR) is 94.6 cm³/mol. The van der Waals surface area contributed by atoms with Gasteiger partial charge in [0.2, 0.25) is 0 Å². The SMILES string of the molecule is Cc1ccc(NC(=O)c2cc(C3CC3)nn2-c2ccccc2)c(F)c1. The number of halogens is 1. The molecule has 1 saturated carbocycles. The van der Waals surface area contributed by atoms with Crippen molar-refractivity contribution in [1.82, 2.24) is 9.78 Å². The van der Waals surface area contributed by atoms with Crippen molar-refractivity contribution in [3.8, 4) is 5.69 Å². The Hall–Kier alpha value is -2.95. The summed E-state index contributed by atoms with van der Waals surface area (Å²) in [6.07, 6.45) is 2.19. The Morgan fingerprint density at radius 3 is 2.60 bits per heavy atom. The van der Waals surface area contributed by atoms with Gasteiger partial charge in [0.05, 0.1) is 17.1 Å². The number of carbonyl (C=O) groups excluding carboxylic acids is 1. The molecular formula is C20H18FN3O. The van der Waals surface area contributed by atoms with Gasteiger partial charge in [0.25, 0.3) is 5.91 Å². The van der Waals surface area contributed by atoms with Crippen molar-refractivity contribution in [3.05, 3.63) is 77.4 Å². The Morgan fingerprint density at radius 2 is 1.92 bits per heavy atom. The molecule has 1 fully saturated rings. The number of para-hydroxylation sites is 1. The Labute approximate surface area is 145 Å². The monoisotopic (exact) mass is 335 g/mol. The third-order valence-electron chi connectivity index (χ3n) is 4.33. The van der Waals surface area contributed by atoms with Gasteiger partial charge in [-0.3, -0.25) is 4.79 Å². The summed E-state index contributed by atoms with van der Waals surface area (Å²) in [5, 5.41) is 7.27. The van der Waals surface area contributed by atoms with Crippen LogP contribution in [0.1, 0.15) is 40.5 Å². The molecule has 0 saturated heterocycles. The molecule has 5 heteroatoms. The summed E-state index contributed by atoms with van der Waals surface area (Å²) in [5.74, 6) is -0.389. The van der Waals surface area contributed by atoms with E-state index in [1.54, 1.807) is 23.7 Å². The molecule has 0 unspecified atom stereocenters. The average Bonchev–Trinajstić information content (AvgIpc) is 3.36. The summed E-state index contributed by atoms with van der Waals surface area (Å²) in [5.41, 5.74) is 3.11. The van der Waals surface area contributed by atoms with Gasteiger partial charge in [0.15, 0.2) is 0 Å². The second-order valence-electron chi connectivity index (χ2n) is 6.41. The van der Waals surface area contributed by atoms with Crippen molar-refractivity contribution < 1.29 is 9.18 Å². The largest absolute Gasteiger partial charge is 0.318 e. The first-order valence-corrected chi connectivity index (χ1v) is 8.35. The van der Waals surface area contributed by atoms with Gasteiger partial charge in [-0.2, -0.15) is 5.10 Å². The van der Waals surface area contributed by atoms with Crippen molar-refractivity contribution in [2.45, 2.75) is 25.7 Å². The summed E-state index contributed by atoms with van der Waals surface area (Å²) in [4.78, 5) is 12.8. The molecule has 1 N–H and O–H groups in total. The molecule has 0 bridgehead atoms. The van der Waals surface area contributed by atoms with Crippen molar-refractivity contribution in [2.24, 2.45) is 0 Å². The minimum absolute atomic E-state index is 0.171. The summed E-state index contributed by atoms with van der Waals surface area (Å²) in [7, 11) is 0. The van der Waals surface area contributed by atoms with Crippen LogP contribution in [0.4, 0.5) is 10.1 Å². The van der Waals surface area contributed by atoms with E-state index >= 15 is 0 Å². The lowest BCUT2D eigenvalue weighted by atomic mass is 10.2. The molecule has 3 aromatic rings. The van der Waals surface area contributed by atoms with E-state index in [-0.39, 0.29) is 11.6 Å². The van der Waals surface area contributed by atoms with E-state index < -0.39 is 5.82 Å². The standard InChI is InChI=1S/C20H18FN3O/c1-13-7-10-17(16(21)11-13)22-20(25)19-12-18(14-8-9-14)23-24(19)15-5-3-2-4-6-15/h2-7,10-12,14H,8-9H2,1H3,(H,22,25). The number of aromatic nitrogens is 2. The van der Waals surface area contributed by atoms with Gasteiger partial charge in [-0.05, 0) is 55.7 Å². The Morgan fingerprint density at radius 1 is 1.16 bits per heavy atom. The molecule has 0 aliphatic heterocycles. The van der Waals surface area contributed by atoms with Gasteiger partial charge in [-0.1, -0.05) is 24.3 Å². The predicted octanol–water partition coefficient (Wildman–Crippen LogP) is 4.45. The maximum atomic E-state index is 14.1. The van der Waals surface area contributed by atoms with Crippen LogP contribution in [0.15, 0.2) is 54.6 Å². The third kappa shape index (κ3) is 3.18. The molecule has 1 aliphatic carbocycles. The summed E-state index contributed by atoms with van der Waals surface area (Å²) < 4.78 is 15.7. The molecule has 1 aromatic heterocycles. The van der Waals surface area contributed by atoms with E-state index in [4.69, 9.17) is 0 Å². The third-order valence-corrected chi connectivity index (χ3v) is 4.33. The number of aryl methyl sites for hydroxylation is 1. The fourth-order valence-electron chi connectivity index (χ4n) is 2.81. The fourth-order valence-corrected chi connectivity index (χ4v) is 2.81. The zero-order valence-electron chi connectivity index (χ0n) is 13.9. The molecule has 1 heterocycles. The quantitative estimate of drug-likeness (QED) is 0.766. The molecular weight excluding hydrogens is 317 g/mol. The van der Waals surface area contributed by atoms with Gasteiger partial charge in [-0.25, -0.2) is 9.07 Å². The van der Waals surface area contributed by atoms with E-state index in [0.717, 1.165) is 29.8 Å². The zero-order valence-corrected chi connectivity index (χ0v) is 13.9. The van der Waals surface area contributed by atoms with Crippen molar-refractivity contribution >= 4 is 11.6 Å². The number of hydrogen-bond acceptors (Lipinski definition) is 2. The van der Waals surface area contributed by atoms with Gasteiger partial charge in [-0.15, -0.1) is 0 Å². The highest BCUT2D eigenvalue weighted by atomic mass is 19.1. The lowest BCUT2D eigenvalue weighted by Crippen LogP contribution is -2.17. The smallest absolute Gasteiger partial charge is 0.274 e. The molecule has 4 nitrogen and oxygen atoms in total. The van der Waals surface area contributed by atoms with E-state index in [2.05, 4.69) is 10.4 Å². The molecule has 0 spiro atoms. The Bertz CT molecular complexity index is 929. The summed E-state index contributed by atoms with van der Waals surface area (Å²) >= 11 is 0. The van der Waals surface area contributed by atoms with E-state index in [9.17, 15) is 9.18 Å². The lowest BCUT2D eigenvalue weighted by molar-refractivity contribution is 0.101. The Balaban J connectivity index is 1.69. The molecule has 25 heavy (non-hydrogen) atoms. The normalized spacial score (nSPS) is 13.7. The molecule has 1 aliphatic rings. The highest BCUT2D eigenvalue weighted by Gasteiger charge is 2.29. The number of nitrogens with zero attached hydrogens (tertiary/aromatic N) is 2. The van der Waals surface area contributed by atoms with Gasteiger partial charge < -0.3 is 5.32 Å². The highest BCUT2D eigenvalue weighted by molar-refractivity contribution is 6.03. The average molecular weight is 335 g/mol. The van der Waals surface area contributed by atoms with Crippen molar-refractivity contribution in [2.75, 3.05) is 5.32 Å². The number of anilines is 1. The van der Waals surface area contributed by atoms with Gasteiger partial charge >= 0.3 is 0 Å². The van der Waals surface area contributed by atoms with Crippen molar-refractivity contribution in [1.29, 1.82) is 0 Å². The van der Waals surface area contributed by atoms with Gasteiger partial charge in [0.1, 0.15) is 11.5 Å². The maximum Gasteiger partial charge on any atom is 0.274 e. The molecule has 0 radical (unpaired) electrons. The number of benzene rings is 2. The first kappa shape index (κ1) is 15.6. The number of amides is 1. The van der Waals surface area contributed by atoms with Crippen LogP contribution >= 0.6 is 0 Å². The number of rotatable bonds is 4. The van der Waals surface area contributed by atoms with E-state index in [1.165, 1.54) is 6.07 Å². The van der Waals surface area contributed by atoms with Crippen LogP contribution in [0.25, 0.3) is 5.69 Å². The lowest BCUT2D eigenvalue weighted by Gasteiger charge is -2.09. The molecule has 1 amide bonds. The highest BCUT2D eigenvalue weighted by Crippen LogP contribution is 2.39. The van der Waals surface area contributed by atoms with E-state index in [1.807, 2.05) is 36.4 Å². The Kier molecular flexibility index (Phi) is 3.84. The summed E-state index contributed by atoms with van der Waals surface area (Å²) in [6.45, 7) is 1.81. The van der Waals surface area contributed by atoms with Crippen molar-refractivity contribution in [3.63, 3.8) is 0 Å². The van der Waals surface area contributed by atoms with Crippen LogP contribution < -0.4 is 5.32 Å². The van der Waals surface area contributed by atoms with E-state index in [0.29, 0.717) is 11.6 Å². The summed E-state index contributed by atoms with van der Waals surface area (Å²) in [6, 6.07) is 16.1. The number of hydrogen-bond donors (Lipinski definition) is 1. The first-order chi connectivity index (χ1) is 12.1. The number of carbonyl (C=O) groups is 1. The van der Waals surface area contributed by atoms with Crippen LogP contribution in [0.5, 0.6) is 0 Å². The topological polar surface area (TPSA) is 46.9 Å². The zero-order chi connectivity index (χ0) is 17.4. The van der Waals surface area contributed by atoms with Crippen LogP contribution in [0.2, 0.25) is 0 Å². The molecule has 126 valence electrons. The van der Waals surface area contributed by atoms with Gasteiger partial charge in [0, 0.05) is 5.92 Å². The number of nitrogens with one attached hydrogen (secondary N) is 1. The molecule has 0 atom stereocenters. The van der Waals surface area contributed by atoms with Crippen LogP contribution in [-0.2, 0) is 0 Å².